The van der Waals surface area contributed by atoms with Crippen molar-refractivity contribution in [2.75, 3.05) is 39.6 Å². The van der Waals surface area contributed by atoms with E-state index in [1.165, 1.54) is 0 Å². The Morgan fingerprint density at radius 3 is 1.59 bits per heavy atom. The summed E-state index contributed by atoms with van der Waals surface area (Å²) in [5.74, 6) is -1.13. The highest BCUT2D eigenvalue weighted by molar-refractivity contribution is 7.47. The van der Waals surface area contributed by atoms with Crippen LogP contribution in [0.5, 0.6) is 0 Å². The second kappa shape index (κ2) is 14.5. The minimum Gasteiger partial charge on any atom is -0.457 e. The van der Waals surface area contributed by atoms with Gasteiger partial charge in [-0.2, -0.15) is 0 Å². The van der Waals surface area contributed by atoms with Crippen LogP contribution < -0.4 is 0 Å². The van der Waals surface area contributed by atoms with E-state index in [4.69, 9.17) is 28.0 Å². The minimum absolute atomic E-state index is 0.00652. The van der Waals surface area contributed by atoms with Crippen LogP contribution in [0.4, 0.5) is 0 Å². The molecule has 0 aromatic rings. The molecule has 0 aromatic carbocycles. The summed E-state index contributed by atoms with van der Waals surface area (Å²) < 4.78 is 41.1. The van der Waals surface area contributed by atoms with Gasteiger partial charge in [0.05, 0.1) is 39.6 Å². The zero-order chi connectivity index (χ0) is 20.7. The van der Waals surface area contributed by atoms with Crippen LogP contribution in [0.15, 0.2) is 25.3 Å². The largest absolute Gasteiger partial charge is 0.472 e. The fraction of sp³-hybridized carbons (Fsp3) is 0.625. The summed E-state index contributed by atoms with van der Waals surface area (Å²) in [6, 6.07) is 0. The topological polar surface area (TPSA) is 127 Å². The second-order valence-electron chi connectivity index (χ2n) is 5.19. The van der Waals surface area contributed by atoms with Crippen molar-refractivity contribution in [1.82, 2.24) is 0 Å². The van der Waals surface area contributed by atoms with Crippen LogP contribution in [0.1, 0.15) is 13.8 Å². The number of phosphoric ester groups is 1. The molecule has 0 heterocycles. The van der Waals surface area contributed by atoms with Gasteiger partial charge in [0.1, 0.15) is 12.2 Å². The van der Waals surface area contributed by atoms with Gasteiger partial charge in [0.25, 0.3) is 0 Å². The van der Waals surface area contributed by atoms with Crippen LogP contribution in [0.3, 0.4) is 0 Å². The lowest BCUT2D eigenvalue weighted by molar-refractivity contribution is -0.145. The van der Waals surface area contributed by atoms with Gasteiger partial charge >= 0.3 is 19.8 Å². The monoisotopic (exact) mass is 410 g/mol. The van der Waals surface area contributed by atoms with Gasteiger partial charge in [0.2, 0.25) is 0 Å². The summed E-state index contributed by atoms with van der Waals surface area (Å²) in [5.41, 5.74) is 0. The second-order valence-corrected chi connectivity index (χ2v) is 6.64. The van der Waals surface area contributed by atoms with E-state index in [2.05, 4.69) is 13.2 Å². The van der Waals surface area contributed by atoms with E-state index in [1.807, 2.05) is 0 Å². The molecule has 156 valence electrons. The van der Waals surface area contributed by atoms with Crippen molar-refractivity contribution < 1.29 is 47.0 Å². The summed E-state index contributed by atoms with van der Waals surface area (Å²) in [7, 11) is -4.23. The van der Waals surface area contributed by atoms with E-state index in [0.29, 0.717) is 0 Å². The molecule has 0 saturated heterocycles. The number of carbonyl (C=O) groups excluding carboxylic acids is 2. The molecule has 0 saturated carbocycles. The molecule has 0 fully saturated rings. The third kappa shape index (κ3) is 15.2. The molecule has 0 aliphatic rings. The molecule has 1 N–H and O–H groups in total. The Morgan fingerprint density at radius 2 is 1.26 bits per heavy atom. The van der Waals surface area contributed by atoms with Gasteiger partial charge < -0.3 is 23.8 Å². The first-order chi connectivity index (χ1) is 12.7. The van der Waals surface area contributed by atoms with Gasteiger partial charge in [0, 0.05) is 12.2 Å². The molecule has 0 rings (SSSR count). The number of carbonyl (C=O) groups is 2. The maximum atomic E-state index is 11.6. The third-order valence-electron chi connectivity index (χ3n) is 2.64. The van der Waals surface area contributed by atoms with Gasteiger partial charge in [-0.15, -0.1) is 0 Å². The SMILES string of the molecule is C=CC(=O)OC(C)COCCOP(=O)(O)OCCOCC(C)OC(=O)C=C. The van der Waals surface area contributed by atoms with Crippen molar-refractivity contribution >= 4 is 19.8 Å². The molecule has 0 amide bonds. The van der Waals surface area contributed by atoms with Gasteiger partial charge in [-0.3, -0.25) is 9.05 Å². The highest BCUT2D eigenvalue weighted by Crippen LogP contribution is 2.42. The molecule has 27 heavy (non-hydrogen) atoms. The van der Waals surface area contributed by atoms with Crippen molar-refractivity contribution in [3.8, 4) is 0 Å². The van der Waals surface area contributed by atoms with E-state index in [-0.39, 0.29) is 39.6 Å². The van der Waals surface area contributed by atoms with Crippen LogP contribution in [0.2, 0.25) is 0 Å². The summed E-state index contributed by atoms with van der Waals surface area (Å²) in [4.78, 5) is 31.4. The zero-order valence-electron chi connectivity index (χ0n) is 15.5. The first-order valence-electron chi connectivity index (χ1n) is 8.13. The fourth-order valence-corrected chi connectivity index (χ4v) is 2.20. The molecule has 0 radical (unpaired) electrons. The van der Waals surface area contributed by atoms with Gasteiger partial charge in [0.15, 0.2) is 0 Å². The van der Waals surface area contributed by atoms with Crippen LogP contribution in [-0.2, 0) is 42.1 Å². The number of ether oxygens (including phenoxy) is 4. The lowest BCUT2D eigenvalue weighted by Gasteiger charge is -2.15. The van der Waals surface area contributed by atoms with Crippen molar-refractivity contribution in [2.45, 2.75) is 26.1 Å². The van der Waals surface area contributed by atoms with Crippen molar-refractivity contribution in [3.05, 3.63) is 25.3 Å². The van der Waals surface area contributed by atoms with E-state index >= 15 is 0 Å². The van der Waals surface area contributed by atoms with Crippen LogP contribution in [-0.4, -0.2) is 68.7 Å². The Hall–Kier alpha value is -1.55. The van der Waals surface area contributed by atoms with E-state index in [9.17, 15) is 19.0 Å². The molecule has 0 aliphatic heterocycles. The third-order valence-corrected chi connectivity index (χ3v) is 3.66. The van der Waals surface area contributed by atoms with Crippen LogP contribution in [0.25, 0.3) is 0 Å². The Morgan fingerprint density at radius 1 is 0.889 bits per heavy atom. The zero-order valence-corrected chi connectivity index (χ0v) is 16.4. The molecule has 0 bridgehead atoms. The molecular weight excluding hydrogens is 383 g/mol. The Balaban J connectivity index is 3.72. The average Bonchev–Trinajstić information content (AvgIpc) is 2.60. The molecule has 2 atom stereocenters. The summed E-state index contributed by atoms with van der Waals surface area (Å²) in [5, 5.41) is 0. The minimum atomic E-state index is -4.23. The Labute approximate surface area is 158 Å². The van der Waals surface area contributed by atoms with Crippen molar-refractivity contribution in [2.24, 2.45) is 0 Å². The van der Waals surface area contributed by atoms with E-state index < -0.39 is 32.0 Å². The first kappa shape index (κ1) is 25.4. The number of phosphoric acid groups is 1. The molecular formula is C16H27O10P. The Bertz CT molecular complexity index is 479. The standard InChI is InChI=1S/C16H27O10P/c1-5-15(17)25-13(3)11-21-7-9-23-27(19,20)24-10-8-22-12-14(4)26-16(18)6-2/h5-6,13-14H,1-2,7-12H2,3-4H3,(H,19,20). The van der Waals surface area contributed by atoms with E-state index in [0.717, 1.165) is 12.2 Å². The molecule has 11 heteroatoms. The first-order valence-corrected chi connectivity index (χ1v) is 9.63. The molecule has 0 aliphatic carbocycles. The molecule has 2 unspecified atom stereocenters. The van der Waals surface area contributed by atoms with Gasteiger partial charge in [-0.25, -0.2) is 14.2 Å². The number of esters is 2. The Kier molecular flexibility index (Phi) is 13.7. The normalized spacial score (nSPS) is 15.2. The van der Waals surface area contributed by atoms with Gasteiger partial charge in [-0.1, -0.05) is 13.2 Å². The number of hydrogen-bond donors (Lipinski definition) is 1. The summed E-state index contributed by atoms with van der Waals surface area (Å²) >= 11 is 0. The highest BCUT2D eigenvalue weighted by Gasteiger charge is 2.20. The summed E-state index contributed by atoms with van der Waals surface area (Å²) in [6.45, 7) is 9.62. The molecule has 0 spiro atoms. The predicted molar refractivity (Wildman–Crippen MR) is 94.9 cm³/mol. The maximum Gasteiger partial charge on any atom is 0.472 e. The van der Waals surface area contributed by atoms with Gasteiger partial charge in [-0.05, 0) is 13.8 Å². The molecule has 10 nitrogen and oxygen atoms in total. The van der Waals surface area contributed by atoms with Crippen molar-refractivity contribution in [1.29, 1.82) is 0 Å². The highest BCUT2D eigenvalue weighted by atomic mass is 31.2. The average molecular weight is 410 g/mol. The lowest BCUT2D eigenvalue weighted by Crippen LogP contribution is -2.20. The van der Waals surface area contributed by atoms with Crippen molar-refractivity contribution in [3.63, 3.8) is 0 Å². The maximum absolute atomic E-state index is 11.6. The predicted octanol–water partition coefficient (Wildman–Crippen LogP) is 1.39. The molecule has 0 aromatic heterocycles. The van der Waals surface area contributed by atoms with Crippen LogP contribution in [0, 0.1) is 0 Å². The number of rotatable bonds is 16. The number of hydrogen-bond acceptors (Lipinski definition) is 9. The quantitative estimate of drug-likeness (QED) is 0.173. The summed E-state index contributed by atoms with van der Waals surface area (Å²) in [6.07, 6.45) is 1.10. The fourth-order valence-electron chi connectivity index (χ4n) is 1.52. The lowest BCUT2D eigenvalue weighted by atomic mass is 10.4. The smallest absolute Gasteiger partial charge is 0.457 e. The van der Waals surface area contributed by atoms with Crippen LogP contribution >= 0.6 is 7.82 Å². The van der Waals surface area contributed by atoms with E-state index in [1.54, 1.807) is 13.8 Å².